The predicted octanol–water partition coefficient (Wildman–Crippen LogP) is 1.78. The number of aromatic nitrogens is 1. The Morgan fingerprint density at radius 2 is 2.21 bits per heavy atom. The van der Waals surface area contributed by atoms with Crippen molar-refractivity contribution in [3.8, 4) is 0 Å². The van der Waals surface area contributed by atoms with E-state index in [4.69, 9.17) is 4.74 Å². The molecule has 0 aliphatic carbocycles. The molecule has 0 aromatic carbocycles. The monoisotopic (exact) mass is 338 g/mol. The van der Waals surface area contributed by atoms with Crippen LogP contribution in [0, 0.1) is 10.1 Å². The summed E-state index contributed by atoms with van der Waals surface area (Å²) in [6.07, 6.45) is 2.35. The van der Waals surface area contributed by atoms with Gasteiger partial charge in [-0.1, -0.05) is 0 Å². The first-order valence-electron chi connectivity index (χ1n) is 7.78. The maximum Gasteiger partial charge on any atom is 0.407 e. The molecule has 1 aromatic heterocycles. The highest BCUT2D eigenvalue weighted by Gasteiger charge is 2.29. The number of hydrogen-bond donors (Lipinski definition) is 2. The van der Waals surface area contributed by atoms with Crippen molar-refractivity contribution in [2.75, 3.05) is 18.0 Å². The minimum atomic E-state index is -0.736. The van der Waals surface area contributed by atoms with Crippen molar-refractivity contribution >= 4 is 17.5 Å². The molecule has 2 N–H and O–H groups in total. The van der Waals surface area contributed by atoms with E-state index in [-0.39, 0.29) is 11.7 Å². The number of alkyl carbamates (subject to hydrolysis) is 1. The van der Waals surface area contributed by atoms with Crippen molar-refractivity contribution in [2.45, 2.75) is 45.3 Å². The van der Waals surface area contributed by atoms with Crippen LogP contribution in [-0.2, 0) is 4.74 Å². The van der Waals surface area contributed by atoms with Gasteiger partial charge in [0.25, 0.3) is 0 Å². The van der Waals surface area contributed by atoms with Crippen molar-refractivity contribution in [2.24, 2.45) is 0 Å². The number of pyridine rings is 1. The number of rotatable bonds is 3. The summed E-state index contributed by atoms with van der Waals surface area (Å²) >= 11 is 0. The summed E-state index contributed by atoms with van der Waals surface area (Å²) in [6.45, 7) is 6.29. The zero-order valence-electron chi connectivity index (χ0n) is 14.0. The quantitative estimate of drug-likeness (QED) is 0.641. The summed E-state index contributed by atoms with van der Waals surface area (Å²) in [5.41, 5.74) is -1.54. The molecule has 2 rings (SSSR count). The normalized spacial score (nSPS) is 18.1. The molecule has 24 heavy (non-hydrogen) atoms. The zero-order chi connectivity index (χ0) is 17.9. The van der Waals surface area contributed by atoms with E-state index < -0.39 is 27.9 Å². The summed E-state index contributed by atoms with van der Waals surface area (Å²) in [4.78, 5) is 38.2. The van der Waals surface area contributed by atoms with Gasteiger partial charge in [0, 0.05) is 25.3 Å². The van der Waals surface area contributed by atoms with E-state index in [1.54, 1.807) is 25.7 Å². The third-order valence-electron chi connectivity index (χ3n) is 3.58. The number of amides is 1. The first-order chi connectivity index (χ1) is 11.2. The lowest BCUT2D eigenvalue weighted by molar-refractivity contribution is -0.385. The summed E-state index contributed by atoms with van der Waals surface area (Å²) in [5.74, 6) is 0. The van der Waals surface area contributed by atoms with Crippen LogP contribution in [0.4, 0.5) is 16.2 Å². The molecule has 1 saturated heterocycles. The number of nitro groups is 1. The molecule has 0 saturated carbocycles. The number of aromatic amines is 1. The van der Waals surface area contributed by atoms with Crippen LogP contribution in [0.5, 0.6) is 0 Å². The third-order valence-corrected chi connectivity index (χ3v) is 3.58. The Balaban J connectivity index is 2.12. The molecule has 2 heterocycles. The van der Waals surface area contributed by atoms with Crippen molar-refractivity contribution in [3.63, 3.8) is 0 Å². The fraction of sp³-hybridized carbons (Fsp3) is 0.600. The third kappa shape index (κ3) is 4.46. The summed E-state index contributed by atoms with van der Waals surface area (Å²) < 4.78 is 5.23. The van der Waals surface area contributed by atoms with Gasteiger partial charge in [-0.05, 0) is 39.7 Å². The smallest absolute Gasteiger partial charge is 0.407 e. The maximum atomic E-state index is 11.9. The number of carbonyl (C=O) groups excluding carboxylic acids is 1. The van der Waals surface area contributed by atoms with E-state index in [0.29, 0.717) is 13.1 Å². The van der Waals surface area contributed by atoms with E-state index in [9.17, 15) is 19.7 Å². The highest BCUT2D eigenvalue weighted by molar-refractivity contribution is 5.68. The molecule has 0 radical (unpaired) electrons. The molecule has 1 amide bonds. The van der Waals surface area contributed by atoms with E-state index >= 15 is 0 Å². The molecule has 0 bridgehead atoms. The van der Waals surface area contributed by atoms with E-state index in [0.717, 1.165) is 12.8 Å². The predicted molar refractivity (Wildman–Crippen MR) is 88.3 cm³/mol. The number of carbonyl (C=O) groups is 1. The van der Waals surface area contributed by atoms with Crippen molar-refractivity contribution in [3.05, 3.63) is 32.7 Å². The molecule has 9 heteroatoms. The summed E-state index contributed by atoms with van der Waals surface area (Å²) in [5, 5.41) is 14.0. The van der Waals surface area contributed by atoms with Gasteiger partial charge in [-0.15, -0.1) is 0 Å². The lowest BCUT2D eigenvalue weighted by Gasteiger charge is -2.34. The van der Waals surface area contributed by atoms with Gasteiger partial charge in [0.1, 0.15) is 11.3 Å². The highest BCUT2D eigenvalue weighted by Crippen LogP contribution is 2.26. The fourth-order valence-electron chi connectivity index (χ4n) is 2.68. The largest absolute Gasteiger partial charge is 0.444 e. The SMILES string of the molecule is CC(C)(C)OC(=O)N[C@@H]1CCCN(c2cc[nH]c(=O)c2[N+](=O)[O-])C1. The van der Waals surface area contributed by atoms with Gasteiger partial charge in [0.2, 0.25) is 0 Å². The second-order valence-electron chi connectivity index (χ2n) is 6.73. The van der Waals surface area contributed by atoms with Crippen LogP contribution in [0.15, 0.2) is 17.1 Å². The standard InChI is InChI=1S/C15H22N4O5/c1-15(2,3)24-14(21)17-10-5-4-8-18(9-10)11-6-7-16-13(20)12(11)19(22)23/h6-7,10H,4-5,8-9H2,1-3H3,(H,16,20)(H,17,21)/t10-/m1/s1. The van der Waals surface area contributed by atoms with E-state index in [2.05, 4.69) is 10.3 Å². The molecular formula is C15H22N4O5. The number of piperidine rings is 1. The Morgan fingerprint density at radius 3 is 2.83 bits per heavy atom. The number of ether oxygens (including phenoxy) is 1. The Labute approximate surface area is 139 Å². The van der Waals surface area contributed by atoms with Crippen molar-refractivity contribution in [1.29, 1.82) is 0 Å². The Morgan fingerprint density at radius 1 is 1.50 bits per heavy atom. The maximum absolute atomic E-state index is 11.9. The summed E-state index contributed by atoms with van der Waals surface area (Å²) in [6, 6.07) is 1.31. The number of H-pyrrole nitrogens is 1. The van der Waals surface area contributed by atoms with Gasteiger partial charge in [0.15, 0.2) is 0 Å². The van der Waals surface area contributed by atoms with Crippen molar-refractivity contribution < 1.29 is 14.5 Å². The van der Waals surface area contributed by atoms with Gasteiger partial charge in [0.05, 0.1) is 4.92 Å². The minimum absolute atomic E-state index is 0.201. The number of nitrogens with zero attached hydrogens (tertiary/aromatic N) is 2. The van der Waals surface area contributed by atoms with E-state index in [1.165, 1.54) is 12.3 Å². The average Bonchev–Trinajstić information content (AvgIpc) is 2.44. The molecule has 1 aromatic rings. The van der Waals surface area contributed by atoms with Crippen LogP contribution in [0.1, 0.15) is 33.6 Å². The van der Waals surface area contributed by atoms with Gasteiger partial charge < -0.3 is 19.9 Å². The van der Waals surface area contributed by atoms with E-state index in [1.807, 2.05) is 0 Å². The Kier molecular flexibility index (Phi) is 5.10. The first kappa shape index (κ1) is 17.8. The van der Waals surface area contributed by atoms with Gasteiger partial charge >= 0.3 is 17.3 Å². The van der Waals surface area contributed by atoms with Crippen LogP contribution in [0.25, 0.3) is 0 Å². The minimum Gasteiger partial charge on any atom is -0.444 e. The lowest BCUT2D eigenvalue weighted by atomic mass is 10.0. The van der Waals surface area contributed by atoms with Gasteiger partial charge in [-0.25, -0.2) is 4.79 Å². The number of hydrogen-bond acceptors (Lipinski definition) is 6. The topological polar surface area (TPSA) is 118 Å². The molecule has 0 unspecified atom stereocenters. The number of nitrogens with one attached hydrogen (secondary N) is 2. The Bertz CT molecular complexity index is 679. The fourth-order valence-corrected chi connectivity index (χ4v) is 2.68. The number of anilines is 1. The van der Waals surface area contributed by atoms with Crippen LogP contribution in [0.2, 0.25) is 0 Å². The molecular weight excluding hydrogens is 316 g/mol. The van der Waals surface area contributed by atoms with Crippen molar-refractivity contribution in [1.82, 2.24) is 10.3 Å². The van der Waals surface area contributed by atoms with Crippen LogP contribution >= 0.6 is 0 Å². The van der Waals surface area contributed by atoms with Crippen LogP contribution < -0.4 is 15.8 Å². The second-order valence-corrected chi connectivity index (χ2v) is 6.73. The molecule has 0 spiro atoms. The zero-order valence-corrected chi connectivity index (χ0v) is 14.0. The first-order valence-corrected chi connectivity index (χ1v) is 7.78. The second kappa shape index (κ2) is 6.90. The molecule has 1 aliphatic heterocycles. The molecule has 9 nitrogen and oxygen atoms in total. The molecule has 132 valence electrons. The highest BCUT2D eigenvalue weighted by atomic mass is 16.6. The van der Waals surface area contributed by atoms with Gasteiger partial charge in [-0.3, -0.25) is 14.9 Å². The average molecular weight is 338 g/mol. The lowest BCUT2D eigenvalue weighted by Crippen LogP contribution is -2.49. The van der Waals surface area contributed by atoms with Gasteiger partial charge in [-0.2, -0.15) is 0 Å². The van der Waals surface area contributed by atoms with Crippen LogP contribution in [0.3, 0.4) is 0 Å². The molecule has 1 aliphatic rings. The Hall–Kier alpha value is -2.58. The summed E-state index contributed by atoms with van der Waals surface area (Å²) in [7, 11) is 0. The van der Waals surface area contributed by atoms with Crippen LogP contribution in [-0.4, -0.2) is 40.7 Å². The molecule has 1 atom stereocenters. The molecule has 1 fully saturated rings.